The molecule has 0 saturated carbocycles. The molecule has 1 atom stereocenters. The maximum Gasteiger partial charge on any atom is 0.251 e. The summed E-state index contributed by atoms with van der Waals surface area (Å²) in [6.07, 6.45) is 1.48. The number of hydrogen-bond acceptors (Lipinski definition) is 5. The van der Waals surface area contributed by atoms with Crippen LogP contribution in [-0.4, -0.2) is 30.9 Å². The predicted octanol–water partition coefficient (Wildman–Crippen LogP) is 2.65. The van der Waals surface area contributed by atoms with E-state index in [2.05, 4.69) is 15.4 Å². The number of nitrogens with one attached hydrogen (secondary N) is 1. The van der Waals surface area contributed by atoms with Crippen LogP contribution in [0.4, 0.5) is 0 Å². The van der Waals surface area contributed by atoms with Gasteiger partial charge in [-0.3, -0.25) is 4.79 Å². The lowest BCUT2D eigenvalue weighted by molar-refractivity contribution is 0.0937. The minimum atomic E-state index is -0.279. The first-order valence-corrected chi connectivity index (χ1v) is 8.75. The molecule has 0 radical (unpaired) electrons. The van der Waals surface area contributed by atoms with Crippen LogP contribution in [0, 0.1) is 0 Å². The molecular formula is C20H22N4O3. The quantitative estimate of drug-likeness (QED) is 0.623. The number of aromatic nitrogens is 3. The molecule has 0 saturated heterocycles. The molecule has 0 unspecified atom stereocenters. The van der Waals surface area contributed by atoms with Gasteiger partial charge in [0.1, 0.15) is 17.9 Å². The Kier molecular flexibility index (Phi) is 5.52. The molecule has 3 rings (SSSR count). The molecule has 7 nitrogen and oxygen atoms in total. The third kappa shape index (κ3) is 3.98. The summed E-state index contributed by atoms with van der Waals surface area (Å²) in [6.45, 7) is 4.26. The van der Waals surface area contributed by atoms with Crippen LogP contribution < -0.4 is 5.32 Å². The van der Waals surface area contributed by atoms with E-state index in [1.165, 1.54) is 12.4 Å². The van der Waals surface area contributed by atoms with Crippen molar-refractivity contribution in [2.75, 3.05) is 0 Å². The van der Waals surface area contributed by atoms with Crippen molar-refractivity contribution in [3.8, 4) is 16.9 Å². The summed E-state index contributed by atoms with van der Waals surface area (Å²) in [5.74, 6) is 0.535. The normalized spacial score (nSPS) is 12.0. The highest BCUT2D eigenvalue weighted by Gasteiger charge is 2.16. The van der Waals surface area contributed by atoms with Crippen molar-refractivity contribution in [1.29, 1.82) is 0 Å². The van der Waals surface area contributed by atoms with Crippen LogP contribution >= 0.6 is 0 Å². The fourth-order valence-corrected chi connectivity index (χ4v) is 2.93. The Morgan fingerprint density at radius 1 is 1.22 bits per heavy atom. The maximum absolute atomic E-state index is 12.7. The summed E-state index contributed by atoms with van der Waals surface area (Å²) >= 11 is 0. The molecule has 140 valence electrons. The molecule has 0 aliphatic heterocycles. The number of amides is 1. The van der Waals surface area contributed by atoms with E-state index in [-0.39, 0.29) is 24.3 Å². The van der Waals surface area contributed by atoms with E-state index in [1.54, 1.807) is 35.0 Å². The Morgan fingerprint density at radius 3 is 2.74 bits per heavy atom. The van der Waals surface area contributed by atoms with Crippen LogP contribution in [0.2, 0.25) is 0 Å². The van der Waals surface area contributed by atoms with Crippen LogP contribution in [0.3, 0.4) is 0 Å². The van der Waals surface area contributed by atoms with Gasteiger partial charge in [0.2, 0.25) is 0 Å². The van der Waals surface area contributed by atoms with E-state index >= 15 is 0 Å². The molecule has 1 aromatic heterocycles. The summed E-state index contributed by atoms with van der Waals surface area (Å²) in [5.41, 5.74) is 2.59. The van der Waals surface area contributed by atoms with Crippen molar-refractivity contribution in [2.24, 2.45) is 0 Å². The number of carbonyl (C=O) groups excluding carboxylic acids is 1. The minimum absolute atomic E-state index is 0.0454. The van der Waals surface area contributed by atoms with Crippen LogP contribution in [0.5, 0.6) is 5.75 Å². The van der Waals surface area contributed by atoms with Crippen molar-refractivity contribution in [2.45, 2.75) is 33.0 Å². The number of phenols is 1. The molecule has 0 bridgehead atoms. The van der Waals surface area contributed by atoms with Gasteiger partial charge in [0.25, 0.3) is 5.91 Å². The predicted molar refractivity (Wildman–Crippen MR) is 101 cm³/mol. The Morgan fingerprint density at radius 2 is 2.00 bits per heavy atom. The van der Waals surface area contributed by atoms with Crippen LogP contribution in [0.15, 0.2) is 48.8 Å². The van der Waals surface area contributed by atoms with E-state index in [0.717, 1.165) is 11.1 Å². The van der Waals surface area contributed by atoms with Crippen LogP contribution in [0.25, 0.3) is 11.1 Å². The Bertz CT molecular complexity index is 952. The van der Waals surface area contributed by atoms with Gasteiger partial charge in [-0.1, -0.05) is 18.2 Å². The highest BCUT2D eigenvalue weighted by Crippen LogP contribution is 2.26. The van der Waals surface area contributed by atoms with Crippen LogP contribution in [-0.2, 0) is 13.2 Å². The number of rotatable bonds is 6. The summed E-state index contributed by atoms with van der Waals surface area (Å²) in [5, 5.41) is 26.1. The Labute approximate surface area is 157 Å². The van der Waals surface area contributed by atoms with Gasteiger partial charge in [-0.05, 0) is 49.2 Å². The second-order valence-corrected chi connectivity index (χ2v) is 6.21. The zero-order valence-corrected chi connectivity index (χ0v) is 15.3. The molecule has 0 aliphatic carbocycles. The lowest BCUT2D eigenvalue weighted by Gasteiger charge is -2.14. The molecule has 0 aliphatic rings. The van der Waals surface area contributed by atoms with Crippen LogP contribution in [0.1, 0.15) is 41.6 Å². The van der Waals surface area contributed by atoms with Gasteiger partial charge in [-0.2, -0.15) is 5.10 Å². The van der Waals surface area contributed by atoms with Crippen molar-refractivity contribution in [1.82, 2.24) is 20.1 Å². The average molecular weight is 366 g/mol. The number of aliphatic hydroxyl groups excluding tert-OH is 1. The van der Waals surface area contributed by atoms with Gasteiger partial charge in [0.05, 0.1) is 12.6 Å². The maximum atomic E-state index is 12.7. The number of aryl methyl sites for hydroxylation is 1. The molecule has 3 aromatic rings. The number of aliphatic hydroxyl groups is 1. The van der Waals surface area contributed by atoms with Gasteiger partial charge in [-0.15, -0.1) is 0 Å². The van der Waals surface area contributed by atoms with Crippen molar-refractivity contribution in [3.63, 3.8) is 0 Å². The van der Waals surface area contributed by atoms with E-state index < -0.39 is 0 Å². The summed E-state index contributed by atoms with van der Waals surface area (Å²) in [7, 11) is 0. The third-order valence-corrected chi connectivity index (χ3v) is 4.39. The summed E-state index contributed by atoms with van der Waals surface area (Å²) < 4.78 is 1.74. The number of nitrogens with zero attached hydrogens (tertiary/aromatic N) is 3. The van der Waals surface area contributed by atoms with Crippen molar-refractivity contribution >= 4 is 5.91 Å². The van der Waals surface area contributed by atoms with Gasteiger partial charge >= 0.3 is 0 Å². The number of carbonyl (C=O) groups is 1. The average Bonchev–Trinajstić information content (AvgIpc) is 3.17. The third-order valence-electron chi connectivity index (χ3n) is 4.39. The fourth-order valence-electron chi connectivity index (χ4n) is 2.93. The first-order chi connectivity index (χ1) is 13.0. The van der Waals surface area contributed by atoms with Crippen molar-refractivity contribution in [3.05, 3.63) is 65.7 Å². The zero-order valence-electron chi connectivity index (χ0n) is 15.3. The van der Waals surface area contributed by atoms with Gasteiger partial charge in [0, 0.05) is 17.7 Å². The number of hydrogen-bond donors (Lipinski definition) is 3. The van der Waals surface area contributed by atoms with E-state index in [1.807, 2.05) is 19.9 Å². The highest BCUT2D eigenvalue weighted by atomic mass is 16.3. The first-order valence-electron chi connectivity index (χ1n) is 8.75. The van der Waals surface area contributed by atoms with E-state index in [4.69, 9.17) is 0 Å². The van der Waals surface area contributed by atoms with Gasteiger partial charge in [-0.25, -0.2) is 9.67 Å². The molecule has 2 aromatic carbocycles. The number of aromatic hydroxyl groups is 1. The molecule has 3 N–H and O–H groups in total. The summed E-state index contributed by atoms with van der Waals surface area (Å²) in [4.78, 5) is 16.9. The van der Waals surface area contributed by atoms with Gasteiger partial charge < -0.3 is 15.5 Å². The topological polar surface area (TPSA) is 100 Å². The SMILES string of the molecule is CCn1ncnc1[C@@H](C)NC(=O)c1cccc(-c2ccc(O)c(CO)c2)c1. The lowest BCUT2D eigenvalue weighted by Crippen LogP contribution is -2.28. The standard InChI is InChI=1S/C20H22N4O3/c1-3-24-19(21-12-22-24)13(2)23-20(27)16-6-4-5-14(9-16)15-7-8-18(26)17(10-15)11-25/h4-10,12-13,25-26H,3,11H2,1-2H3,(H,23,27)/t13-/m1/s1. The Balaban J connectivity index is 1.82. The van der Waals surface area contributed by atoms with E-state index in [9.17, 15) is 15.0 Å². The zero-order chi connectivity index (χ0) is 19.4. The fraction of sp³-hybridized carbons (Fsp3) is 0.250. The molecular weight excluding hydrogens is 344 g/mol. The molecule has 0 spiro atoms. The lowest BCUT2D eigenvalue weighted by atomic mass is 10.0. The van der Waals surface area contributed by atoms with Gasteiger partial charge in [0.15, 0.2) is 0 Å². The first kappa shape index (κ1) is 18.6. The smallest absolute Gasteiger partial charge is 0.251 e. The minimum Gasteiger partial charge on any atom is -0.508 e. The molecule has 0 fully saturated rings. The second-order valence-electron chi connectivity index (χ2n) is 6.21. The molecule has 1 heterocycles. The van der Waals surface area contributed by atoms with Crippen molar-refractivity contribution < 1.29 is 15.0 Å². The highest BCUT2D eigenvalue weighted by molar-refractivity contribution is 5.95. The summed E-state index contributed by atoms with van der Waals surface area (Å²) in [6, 6.07) is 11.9. The monoisotopic (exact) mass is 366 g/mol. The number of benzene rings is 2. The largest absolute Gasteiger partial charge is 0.508 e. The Hall–Kier alpha value is -3.19. The van der Waals surface area contributed by atoms with E-state index in [0.29, 0.717) is 23.5 Å². The molecule has 7 heteroatoms. The molecule has 1 amide bonds. The molecule has 27 heavy (non-hydrogen) atoms. The second kappa shape index (κ2) is 8.01.